The fourth-order valence-electron chi connectivity index (χ4n) is 3.72. The van der Waals surface area contributed by atoms with Crippen molar-refractivity contribution in [2.75, 3.05) is 0 Å². The van der Waals surface area contributed by atoms with Gasteiger partial charge in [0.1, 0.15) is 17.8 Å². The van der Waals surface area contributed by atoms with Gasteiger partial charge in [0.2, 0.25) is 0 Å². The second-order valence-electron chi connectivity index (χ2n) is 10.1. The Balaban J connectivity index is 1.69. The van der Waals surface area contributed by atoms with Crippen LogP contribution in [0.5, 0.6) is 0 Å². The smallest absolute Gasteiger partial charge is 0.410 e. The lowest BCUT2D eigenvalue weighted by Gasteiger charge is -2.45. The molecule has 3 aliphatic rings. The van der Waals surface area contributed by atoms with E-state index in [0.717, 1.165) is 12.8 Å². The summed E-state index contributed by atoms with van der Waals surface area (Å²) in [4.78, 5) is 14.5. The molecule has 0 radical (unpaired) electrons. The number of ether oxygens (including phenoxy) is 2. The summed E-state index contributed by atoms with van der Waals surface area (Å²) in [5.74, 6) is 0. The molecule has 5 nitrogen and oxygen atoms in total. The molecule has 3 heterocycles. The third-order valence-electron chi connectivity index (χ3n) is 5.92. The quantitative estimate of drug-likeness (QED) is 0.556. The third kappa shape index (κ3) is 3.25. The van der Waals surface area contributed by atoms with Crippen molar-refractivity contribution in [2.24, 2.45) is 0 Å². The maximum absolute atomic E-state index is 12.6. The van der Waals surface area contributed by atoms with E-state index in [1.165, 1.54) is 0 Å². The number of nitrogens with zero attached hydrogens (tertiary/aromatic N) is 1. The van der Waals surface area contributed by atoms with Crippen LogP contribution >= 0.6 is 0 Å². The molecule has 0 spiro atoms. The molecule has 2 bridgehead atoms. The Morgan fingerprint density at radius 2 is 1.54 bits per heavy atom. The lowest BCUT2D eigenvalue weighted by Crippen LogP contribution is -2.56. The molecule has 0 aromatic heterocycles. The zero-order valence-corrected chi connectivity index (χ0v) is 17.4. The summed E-state index contributed by atoms with van der Waals surface area (Å²) in [6.07, 6.45) is 2.15. The maximum Gasteiger partial charge on any atom is 0.410 e. The Morgan fingerprint density at radius 3 is 1.96 bits per heavy atom. The second kappa shape index (κ2) is 5.45. The number of carbonyl (C=O) groups excluding carboxylic acids is 1. The highest BCUT2D eigenvalue weighted by Crippen LogP contribution is 2.50. The second-order valence-corrected chi connectivity index (χ2v) is 14.8. The first-order valence-corrected chi connectivity index (χ1v) is 12.1. The summed E-state index contributed by atoms with van der Waals surface area (Å²) >= 11 is 0. The van der Waals surface area contributed by atoms with Crippen molar-refractivity contribution in [1.29, 1.82) is 0 Å². The fraction of sp³-hybridized carbons (Fsp3) is 0.944. The van der Waals surface area contributed by atoms with Crippen LogP contribution in [0.4, 0.5) is 4.79 Å². The van der Waals surface area contributed by atoms with Gasteiger partial charge in [-0.1, -0.05) is 20.8 Å². The van der Waals surface area contributed by atoms with Crippen molar-refractivity contribution in [3.63, 3.8) is 0 Å². The minimum absolute atomic E-state index is 0.110. The van der Waals surface area contributed by atoms with E-state index in [4.69, 9.17) is 13.9 Å². The van der Waals surface area contributed by atoms with Gasteiger partial charge >= 0.3 is 6.09 Å². The van der Waals surface area contributed by atoms with E-state index < -0.39 is 13.9 Å². The zero-order chi connectivity index (χ0) is 18.1. The van der Waals surface area contributed by atoms with Crippen LogP contribution < -0.4 is 0 Å². The standard InChI is InChI=1S/C18H33NO4Si/c1-17(2,3)22-16(20)19-12-9-11(10-13(19)15-14(12)21-15)23-24(7,8)18(4,5)6/h11-15H,9-10H2,1-8H3/t11?,12-,13+,14-,15+. The molecule has 0 aromatic carbocycles. The van der Waals surface area contributed by atoms with E-state index in [2.05, 4.69) is 33.9 Å². The largest absolute Gasteiger partial charge is 0.444 e. The molecule has 24 heavy (non-hydrogen) atoms. The van der Waals surface area contributed by atoms with Crippen molar-refractivity contribution < 1.29 is 18.7 Å². The van der Waals surface area contributed by atoms with E-state index in [0.29, 0.717) is 0 Å². The van der Waals surface area contributed by atoms with Crippen LogP contribution in [0.15, 0.2) is 0 Å². The van der Waals surface area contributed by atoms with E-state index >= 15 is 0 Å². The van der Waals surface area contributed by atoms with Gasteiger partial charge in [-0.25, -0.2) is 4.79 Å². The summed E-state index contributed by atoms with van der Waals surface area (Å²) in [5, 5.41) is 0.202. The van der Waals surface area contributed by atoms with Crippen LogP contribution in [0, 0.1) is 0 Å². The number of piperidine rings is 1. The van der Waals surface area contributed by atoms with Crippen molar-refractivity contribution in [3.05, 3.63) is 0 Å². The topological polar surface area (TPSA) is 51.3 Å². The molecule has 0 aromatic rings. The molecule has 0 N–H and O–H groups in total. The summed E-state index contributed by atoms with van der Waals surface area (Å²) < 4.78 is 18.0. The van der Waals surface area contributed by atoms with Crippen molar-refractivity contribution >= 4 is 14.4 Å². The van der Waals surface area contributed by atoms with Gasteiger partial charge in [0, 0.05) is 6.10 Å². The lowest BCUT2D eigenvalue weighted by molar-refractivity contribution is -0.0339. The Hall–Kier alpha value is -0.593. The van der Waals surface area contributed by atoms with Gasteiger partial charge < -0.3 is 13.9 Å². The van der Waals surface area contributed by atoms with E-state index in [9.17, 15) is 4.79 Å². The summed E-state index contributed by atoms with van der Waals surface area (Å²) in [7, 11) is -1.79. The predicted molar refractivity (Wildman–Crippen MR) is 95.6 cm³/mol. The fourth-order valence-corrected chi connectivity index (χ4v) is 5.10. The molecule has 3 rings (SSSR count). The predicted octanol–water partition coefficient (Wildman–Crippen LogP) is 3.93. The van der Waals surface area contributed by atoms with Crippen molar-refractivity contribution in [1.82, 2.24) is 4.90 Å². The van der Waals surface area contributed by atoms with Crippen molar-refractivity contribution in [2.45, 2.75) is 109 Å². The van der Waals surface area contributed by atoms with Gasteiger partial charge in [0.15, 0.2) is 8.32 Å². The molecule has 3 saturated heterocycles. The summed E-state index contributed by atoms with van der Waals surface area (Å²) in [6, 6.07) is 0.219. The molecule has 138 valence electrons. The van der Waals surface area contributed by atoms with Crippen LogP contribution in [0.25, 0.3) is 0 Å². The first kappa shape index (κ1) is 18.2. The number of amides is 1. The highest BCUT2D eigenvalue weighted by molar-refractivity contribution is 6.74. The highest BCUT2D eigenvalue weighted by atomic mass is 28.4. The molecule has 1 amide bonds. The summed E-state index contributed by atoms with van der Waals surface area (Å²) in [6.45, 7) is 17.1. The first-order chi connectivity index (χ1) is 10.8. The molecule has 6 heteroatoms. The van der Waals surface area contributed by atoms with Gasteiger partial charge in [-0.3, -0.25) is 4.90 Å². The van der Waals surface area contributed by atoms with Gasteiger partial charge in [-0.2, -0.15) is 0 Å². The van der Waals surface area contributed by atoms with Crippen LogP contribution in [-0.4, -0.2) is 55.3 Å². The number of hydrogen-bond donors (Lipinski definition) is 0. The number of epoxide rings is 1. The molecule has 0 saturated carbocycles. The van der Waals surface area contributed by atoms with Gasteiger partial charge in [-0.05, 0) is 51.7 Å². The molecule has 0 aliphatic carbocycles. The Kier molecular flexibility index (Phi) is 4.13. The van der Waals surface area contributed by atoms with Crippen LogP contribution in [-0.2, 0) is 13.9 Å². The Bertz CT molecular complexity index is 504. The van der Waals surface area contributed by atoms with Gasteiger partial charge in [0.25, 0.3) is 0 Å². The van der Waals surface area contributed by atoms with Gasteiger partial charge in [0.05, 0.1) is 12.1 Å². The minimum atomic E-state index is -1.79. The highest BCUT2D eigenvalue weighted by Gasteiger charge is 2.66. The van der Waals surface area contributed by atoms with Crippen LogP contribution in [0.3, 0.4) is 0 Å². The average molecular weight is 356 g/mol. The average Bonchev–Trinajstić information content (AvgIpc) is 3.09. The Labute approximate surface area is 147 Å². The van der Waals surface area contributed by atoms with Crippen molar-refractivity contribution in [3.8, 4) is 0 Å². The third-order valence-corrected chi connectivity index (χ3v) is 10.5. The zero-order valence-electron chi connectivity index (χ0n) is 16.4. The molecule has 3 fully saturated rings. The SMILES string of the molecule is CC(C)(C)OC(=O)N1[C@@H]2CC(O[Si](C)(C)C(C)(C)C)C[C@H]1[C@@H]1O[C@@H]12. The lowest BCUT2D eigenvalue weighted by atomic mass is 9.99. The normalized spacial score (nSPS) is 35.7. The van der Waals surface area contributed by atoms with Crippen LogP contribution in [0.2, 0.25) is 18.1 Å². The monoisotopic (exact) mass is 355 g/mol. The van der Waals surface area contributed by atoms with E-state index in [1.54, 1.807) is 0 Å². The van der Waals surface area contributed by atoms with E-state index in [1.807, 2.05) is 25.7 Å². The molecular weight excluding hydrogens is 322 g/mol. The minimum Gasteiger partial charge on any atom is -0.444 e. The number of carbonyl (C=O) groups is 1. The van der Waals surface area contributed by atoms with Gasteiger partial charge in [-0.15, -0.1) is 0 Å². The number of fused-ring (bicyclic) bond motifs is 5. The first-order valence-electron chi connectivity index (χ1n) is 9.15. The molecule has 5 atom stereocenters. The van der Waals surface area contributed by atoms with Crippen LogP contribution in [0.1, 0.15) is 54.4 Å². The maximum atomic E-state index is 12.6. The molecular formula is C18H33NO4Si. The molecule has 1 unspecified atom stereocenters. The summed E-state index contributed by atoms with van der Waals surface area (Å²) in [5.41, 5.74) is -0.462. The molecule has 3 aliphatic heterocycles. The Morgan fingerprint density at radius 1 is 1.04 bits per heavy atom. The number of rotatable bonds is 2. The number of hydrogen-bond acceptors (Lipinski definition) is 4. The number of morpholine rings is 1. The van der Waals surface area contributed by atoms with E-state index in [-0.39, 0.29) is 41.5 Å².